The van der Waals surface area contributed by atoms with Crippen molar-refractivity contribution in [1.82, 2.24) is 20.2 Å². The van der Waals surface area contributed by atoms with Gasteiger partial charge in [0.05, 0.1) is 17.4 Å². The number of rotatable bonds is 7. The molecule has 0 unspecified atom stereocenters. The molecule has 2 aromatic heterocycles. The largest absolute Gasteiger partial charge is 0.352 e. The van der Waals surface area contributed by atoms with Crippen molar-refractivity contribution in [2.24, 2.45) is 0 Å². The topological polar surface area (TPSA) is 87.2 Å². The molecule has 130 valence electrons. The van der Waals surface area contributed by atoms with E-state index >= 15 is 0 Å². The van der Waals surface area contributed by atoms with Crippen LogP contribution in [0.3, 0.4) is 0 Å². The van der Waals surface area contributed by atoms with Gasteiger partial charge in [0.15, 0.2) is 0 Å². The van der Waals surface area contributed by atoms with E-state index in [4.69, 9.17) is 0 Å². The molecule has 0 bridgehead atoms. The van der Waals surface area contributed by atoms with Crippen molar-refractivity contribution < 1.29 is 9.59 Å². The van der Waals surface area contributed by atoms with Crippen LogP contribution >= 0.6 is 0 Å². The molecular weight excluding hydrogens is 318 g/mol. The van der Waals surface area contributed by atoms with Gasteiger partial charge < -0.3 is 15.5 Å². The van der Waals surface area contributed by atoms with Crippen LogP contribution in [-0.2, 0) is 4.79 Å². The first-order valence-electron chi connectivity index (χ1n) is 8.41. The van der Waals surface area contributed by atoms with Crippen molar-refractivity contribution in [1.29, 1.82) is 0 Å². The predicted octanol–water partition coefficient (Wildman–Crippen LogP) is 1.96. The number of amides is 2. The van der Waals surface area contributed by atoms with Gasteiger partial charge >= 0.3 is 0 Å². The summed E-state index contributed by atoms with van der Waals surface area (Å²) in [5.41, 5.74) is 1.19. The second kappa shape index (κ2) is 8.23. The van der Waals surface area contributed by atoms with E-state index in [-0.39, 0.29) is 11.8 Å². The zero-order valence-electron chi connectivity index (χ0n) is 13.9. The molecule has 3 heterocycles. The highest BCUT2D eigenvalue weighted by atomic mass is 16.2. The average Bonchev–Trinajstić information content (AvgIpc) is 3.04. The van der Waals surface area contributed by atoms with E-state index in [2.05, 4.69) is 20.6 Å². The van der Waals surface area contributed by atoms with E-state index in [9.17, 15) is 9.59 Å². The fourth-order valence-electron chi connectivity index (χ4n) is 2.73. The second-order valence-electron chi connectivity index (χ2n) is 5.90. The van der Waals surface area contributed by atoms with Gasteiger partial charge in [-0.15, -0.1) is 0 Å². The van der Waals surface area contributed by atoms with E-state index < -0.39 is 0 Å². The van der Waals surface area contributed by atoms with E-state index in [1.54, 1.807) is 18.5 Å². The van der Waals surface area contributed by atoms with E-state index in [0.29, 0.717) is 36.6 Å². The summed E-state index contributed by atoms with van der Waals surface area (Å²) in [6.45, 7) is 2.05. The lowest BCUT2D eigenvalue weighted by molar-refractivity contribution is -0.127. The third-order valence-corrected chi connectivity index (χ3v) is 4.00. The highest BCUT2D eigenvalue weighted by Crippen LogP contribution is 2.14. The minimum atomic E-state index is -0.176. The number of carbonyl (C=O) groups is 2. The minimum absolute atomic E-state index is 0.176. The first-order valence-corrected chi connectivity index (χ1v) is 8.41. The van der Waals surface area contributed by atoms with Gasteiger partial charge in [0, 0.05) is 38.4 Å². The molecule has 0 spiro atoms. The Morgan fingerprint density at radius 1 is 1.28 bits per heavy atom. The molecule has 2 amide bonds. The monoisotopic (exact) mass is 339 g/mol. The van der Waals surface area contributed by atoms with Crippen molar-refractivity contribution in [2.45, 2.75) is 19.3 Å². The maximum absolute atomic E-state index is 12.2. The molecule has 1 aliphatic rings. The van der Waals surface area contributed by atoms with Crippen LogP contribution in [-0.4, -0.2) is 46.3 Å². The van der Waals surface area contributed by atoms with Crippen LogP contribution < -0.4 is 10.6 Å². The lowest BCUT2D eigenvalue weighted by Crippen LogP contribution is -2.30. The van der Waals surface area contributed by atoms with Gasteiger partial charge in [-0.25, -0.2) is 4.98 Å². The number of carbonyl (C=O) groups excluding carboxylic acids is 2. The lowest BCUT2D eigenvalue weighted by atomic mass is 10.2. The summed E-state index contributed by atoms with van der Waals surface area (Å²) < 4.78 is 0. The van der Waals surface area contributed by atoms with Crippen LogP contribution in [0.4, 0.5) is 11.5 Å². The summed E-state index contributed by atoms with van der Waals surface area (Å²) >= 11 is 0. The predicted molar refractivity (Wildman–Crippen MR) is 94.5 cm³/mol. The first-order chi connectivity index (χ1) is 12.2. The Bertz CT molecular complexity index is 735. The summed E-state index contributed by atoms with van der Waals surface area (Å²) in [6, 6.07) is 7.29. The third-order valence-electron chi connectivity index (χ3n) is 4.00. The van der Waals surface area contributed by atoms with Crippen molar-refractivity contribution >= 4 is 23.3 Å². The fraction of sp³-hybridized carbons (Fsp3) is 0.333. The Labute approximate surface area is 146 Å². The summed E-state index contributed by atoms with van der Waals surface area (Å²) in [7, 11) is 0. The number of likely N-dealkylation sites (tertiary alicyclic amines) is 1. The van der Waals surface area contributed by atoms with Gasteiger partial charge in [0.1, 0.15) is 5.82 Å². The van der Waals surface area contributed by atoms with Gasteiger partial charge in [-0.05, 0) is 31.0 Å². The van der Waals surface area contributed by atoms with Crippen LogP contribution in [0.15, 0.2) is 42.9 Å². The summed E-state index contributed by atoms with van der Waals surface area (Å²) in [5.74, 6) is 0.728. The number of nitrogens with zero attached hydrogens (tertiary/aromatic N) is 3. The molecule has 0 atom stereocenters. The quantitative estimate of drug-likeness (QED) is 0.753. The van der Waals surface area contributed by atoms with Crippen molar-refractivity contribution in [3.63, 3.8) is 0 Å². The number of pyridine rings is 2. The Balaban J connectivity index is 1.48. The van der Waals surface area contributed by atoms with Gasteiger partial charge in [0.2, 0.25) is 5.91 Å². The number of aromatic nitrogens is 2. The van der Waals surface area contributed by atoms with E-state index in [0.717, 1.165) is 19.4 Å². The number of hydrogen-bond donors (Lipinski definition) is 2. The zero-order valence-corrected chi connectivity index (χ0v) is 13.9. The molecule has 0 saturated carbocycles. The van der Waals surface area contributed by atoms with Crippen LogP contribution in [0.5, 0.6) is 0 Å². The van der Waals surface area contributed by atoms with E-state index in [1.165, 1.54) is 6.20 Å². The highest BCUT2D eigenvalue weighted by Gasteiger charge is 2.19. The van der Waals surface area contributed by atoms with Crippen LogP contribution in [0, 0.1) is 0 Å². The Hall–Kier alpha value is -2.96. The second-order valence-corrected chi connectivity index (χ2v) is 5.90. The van der Waals surface area contributed by atoms with Crippen LogP contribution in [0.2, 0.25) is 0 Å². The van der Waals surface area contributed by atoms with Gasteiger partial charge in [-0.3, -0.25) is 14.6 Å². The molecule has 1 saturated heterocycles. The highest BCUT2D eigenvalue weighted by molar-refractivity contribution is 5.94. The molecule has 0 aliphatic carbocycles. The maximum atomic E-state index is 12.2. The molecule has 3 rings (SSSR count). The average molecular weight is 339 g/mol. The minimum Gasteiger partial charge on any atom is -0.352 e. The Kier molecular flexibility index (Phi) is 5.56. The van der Waals surface area contributed by atoms with Crippen molar-refractivity contribution in [3.05, 3.63) is 48.4 Å². The normalized spacial score (nSPS) is 13.8. The molecule has 7 nitrogen and oxygen atoms in total. The zero-order chi connectivity index (χ0) is 17.5. The molecular formula is C18H21N5O2. The number of nitrogens with one attached hydrogen (secondary N) is 2. The third kappa shape index (κ3) is 4.76. The van der Waals surface area contributed by atoms with Crippen LogP contribution in [0.1, 0.15) is 29.6 Å². The lowest BCUT2D eigenvalue weighted by Gasteiger charge is -2.15. The summed E-state index contributed by atoms with van der Waals surface area (Å²) in [6.07, 6.45) is 7.20. The van der Waals surface area contributed by atoms with E-state index in [1.807, 2.05) is 23.1 Å². The smallest absolute Gasteiger partial charge is 0.252 e. The van der Waals surface area contributed by atoms with Gasteiger partial charge in [-0.2, -0.15) is 0 Å². The number of hydrogen-bond acceptors (Lipinski definition) is 5. The molecule has 7 heteroatoms. The summed E-state index contributed by atoms with van der Waals surface area (Å²) in [4.78, 5) is 33.9. The number of anilines is 2. The molecule has 2 aromatic rings. The molecule has 1 fully saturated rings. The molecule has 25 heavy (non-hydrogen) atoms. The van der Waals surface area contributed by atoms with Gasteiger partial charge in [0.25, 0.3) is 5.91 Å². The molecule has 1 aliphatic heterocycles. The SMILES string of the molecule is O=C(NCCCN1CCCC1=O)c1cncc(Nc2ccccn2)c1. The first kappa shape index (κ1) is 16.9. The molecule has 2 N–H and O–H groups in total. The Morgan fingerprint density at radius 2 is 2.20 bits per heavy atom. The van der Waals surface area contributed by atoms with Crippen molar-refractivity contribution in [3.8, 4) is 0 Å². The fourth-order valence-corrected chi connectivity index (χ4v) is 2.73. The van der Waals surface area contributed by atoms with Gasteiger partial charge in [-0.1, -0.05) is 6.07 Å². The van der Waals surface area contributed by atoms with Crippen LogP contribution in [0.25, 0.3) is 0 Å². The Morgan fingerprint density at radius 3 is 2.96 bits per heavy atom. The molecule has 0 radical (unpaired) electrons. The van der Waals surface area contributed by atoms with Crippen molar-refractivity contribution in [2.75, 3.05) is 25.0 Å². The standard InChI is InChI=1S/C18H21N5O2/c24-17-6-3-9-23(17)10-4-8-21-18(25)14-11-15(13-19-12-14)22-16-5-1-2-7-20-16/h1-2,5,7,11-13H,3-4,6,8-10H2,(H,20,22)(H,21,25). The maximum Gasteiger partial charge on any atom is 0.252 e. The molecule has 0 aromatic carbocycles. The summed E-state index contributed by atoms with van der Waals surface area (Å²) in [5, 5.41) is 5.98.